The maximum Gasteiger partial charge on any atom is 0.154 e. The largest absolute Gasteiger partial charge is 0.271 e. The van der Waals surface area contributed by atoms with Gasteiger partial charge < -0.3 is 0 Å². The first-order chi connectivity index (χ1) is 7.20. The van der Waals surface area contributed by atoms with E-state index in [0.717, 1.165) is 10.4 Å². The van der Waals surface area contributed by atoms with Crippen LogP contribution < -0.4 is 11.3 Å². The smallest absolute Gasteiger partial charge is 0.154 e. The third kappa shape index (κ3) is 2.45. The average Bonchev–Trinajstić information content (AvgIpc) is 2.50. The molecule has 0 aliphatic carbocycles. The van der Waals surface area contributed by atoms with Gasteiger partial charge in [-0.05, 0) is 37.8 Å². The molecule has 4 nitrogen and oxygen atoms in total. The second kappa shape index (κ2) is 4.44. The molecule has 1 unspecified atom stereocenters. The van der Waals surface area contributed by atoms with Gasteiger partial charge in [-0.3, -0.25) is 11.3 Å². The molecular weight excluding hydrogens is 244 g/mol. The summed E-state index contributed by atoms with van der Waals surface area (Å²) in [4.78, 5) is 1.14. The normalized spacial score (nSPS) is 15.1. The minimum atomic E-state index is -3.19. The zero-order valence-electron chi connectivity index (χ0n) is 9.94. The number of hydrogen-bond acceptors (Lipinski definition) is 5. The summed E-state index contributed by atoms with van der Waals surface area (Å²) in [6.07, 6.45) is 1.23. The van der Waals surface area contributed by atoms with E-state index in [1.165, 1.54) is 6.26 Å². The molecule has 0 radical (unpaired) electrons. The van der Waals surface area contributed by atoms with Gasteiger partial charge in [-0.1, -0.05) is 0 Å². The van der Waals surface area contributed by atoms with Crippen molar-refractivity contribution in [1.29, 1.82) is 0 Å². The van der Waals surface area contributed by atoms with E-state index in [1.54, 1.807) is 25.2 Å². The Bertz CT molecular complexity index is 463. The van der Waals surface area contributed by atoms with E-state index in [-0.39, 0.29) is 0 Å². The summed E-state index contributed by atoms with van der Waals surface area (Å²) in [6, 6.07) is 1.56. The molecule has 0 spiro atoms. The number of thiophene rings is 1. The number of nitrogens with one attached hydrogen (secondary N) is 1. The van der Waals surface area contributed by atoms with Crippen molar-refractivity contribution in [2.75, 3.05) is 6.26 Å². The van der Waals surface area contributed by atoms with Crippen LogP contribution in [-0.4, -0.2) is 19.4 Å². The van der Waals surface area contributed by atoms with Crippen LogP contribution in [0.25, 0.3) is 0 Å². The van der Waals surface area contributed by atoms with Crippen molar-refractivity contribution in [2.45, 2.75) is 31.6 Å². The van der Waals surface area contributed by atoms with E-state index >= 15 is 0 Å². The van der Waals surface area contributed by atoms with Crippen molar-refractivity contribution in [2.24, 2.45) is 5.84 Å². The minimum Gasteiger partial charge on any atom is -0.271 e. The van der Waals surface area contributed by atoms with Gasteiger partial charge in [0.2, 0.25) is 0 Å². The van der Waals surface area contributed by atoms with Gasteiger partial charge in [0.05, 0.1) is 10.8 Å². The maximum atomic E-state index is 11.7. The summed E-state index contributed by atoms with van der Waals surface area (Å²) in [5.41, 5.74) is 3.52. The van der Waals surface area contributed by atoms with Gasteiger partial charge in [0.1, 0.15) is 0 Å². The molecule has 0 aliphatic heterocycles. The monoisotopic (exact) mass is 262 g/mol. The molecule has 0 saturated heterocycles. The highest BCUT2D eigenvalue weighted by atomic mass is 32.2. The molecule has 1 rings (SSSR count). The van der Waals surface area contributed by atoms with Gasteiger partial charge in [-0.25, -0.2) is 8.42 Å². The predicted molar refractivity (Wildman–Crippen MR) is 68.0 cm³/mol. The third-order valence-electron chi connectivity index (χ3n) is 2.90. The molecule has 0 saturated carbocycles. The molecule has 1 aromatic rings. The number of hydrazine groups is 1. The Kier molecular flexibility index (Phi) is 3.79. The van der Waals surface area contributed by atoms with E-state index in [4.69, 9.17) is 5.84 Å². The van der Waals surface area contributed by atoms with Gasteiger partial charge in [-0.2, -0.15) is 0 Å². The summed E-state index contributed by atoms with van der Waals surface area (Å²) in [6.45, 7) is 5.34. The molecule has 6 heteroatoms. The Balaban J connectivity index is 3.18. The first-order valence-electron chi connectivity index (χ1n) is 4.91. The molecule has 0 fully saturated rings. The van der Waals surface area contributed by atoms with E-state index < -0.39 is 20.6 Å². The minimum absolute atomic E-state index is 0.396. The molecule has 1 atom stereocenters. The van der Waals surface area contributed by atoms with Gasteiger partial charge in [0, 0.05) is 11.1 Å². The Morgan fingerprint density at radius 2 is 2.06 bits per heavy atom. The second-order valence-electron chi connectivity index (χ2n) is 4.47. The summed E-state index contributed by atoms with van der Waals surface area (Å²) in [5.74, 6) is 5.49. The molecule has 16 heavy (non-hydrogen) atoms. The van der Waals surface area contributed by atoms with Crippen LogP contribution in [0.2, 0.25) is 0 Å². The van der Waals surface area contributed by atoms with Crippen LogP contribution in [0, 0.1) is 6.92 Å². The standard InChI is InChI=1S/C10H18N2O2S2/c1-7-5-8(6-15-7)9(12-11)10(2,3)16(4,13)14/h5-6,9,12H,11H2,1-4H3. The highest BCUT2D eigenvalue weighted by Crippen LogP contribution is 2.33. The zero-order valence-corrected chi connectivity index (χ0v) is 11.6. The maximum absolute atomic E-state index is 11.7. The number of sulfone groups is 1. The molecule has 0 aliphatic rings. The van der Waals surface area contributed by atoms with Crippen molar-refractivity contribution in [3.8, 4) is 0 Å². The van der Waals surface area contributed by atoms with Crippen molar-refractivity contribution in [1.82, 2.24) is 5.43 Å². The fourth-order valence-electron chi connectivity index (χ4n) is 1.53. The molecule has 1 aromatic heterocycles. The lowest BCUT2D eigenvalue weighted by atomic mass is 9.98. The lowest BCUT2D eigenvalue weighted by Crippen LogP contribution is -2.47. The number of aryl methyl sites for hydroxylation is 1. The average molecular weight is 262 g/mol. The van der Waals surface area contributed by atoms with E-state index in [1.807, 2.05) is 18.4 Å². The van der Waals surface area contributed by atoms with Crippen LogP contribution >= 0.6 is 11.3 Å². The summed E-state index contributed by atoms with van der Waals surface area (Å²) in [7, 11) is -3.19. The molecule has 0 bridgehead atoms. The number of nitrogens with two attached hydrogens (primary N) is 1. The van der Waals surface area contributed by atoms with E-state index in [2.05, 4.69) is 5.43 Å². The lowest BCUT2D eigenvalue weighted by Gasteiger charge is -2.31. The Morgan fingerprint density at radius 3 is 2.38 bits per heavy atom. The van der Waals surface area contributed by atoms with Gasteiger partial charge in [0.15, 0.2) is 9.84 Å². The van der Waals surface area contributed by atoms with Crippen LogP contribution in [0.4, 0.5) is 0 Å². The summed E-state index contributed by atoms with van der Waals surface area (Å²) < 4.78 is 22.5. The third-order valence-corrected chi connectivity index (χ3v) is 5.93. The first-order valence-corrected chi connectivity index (χ1v) is 7.68. The number of hydrogen-bond donors (Lipinski definition) is 2. The zero-order chi connectivity index (χ0) is 12.6. The van der Waals surface area contributed by atoms with Gasteiger partial charge >= 0.3 is 0 Å². The van der Waals surface area contributed by atoms with Crippen LogP contribution in [0.3, 0.4) is 0 Å². The SMILES string of the molecule is Cc1cc(C(NN)C(C)(C)S(C)(=O)=O)cs1. The van der Waals surface area contributed by atoms with Gasteiger partial charge in [-0.15, -0.1) is 11.3 Å². The van der Waals surface area contributed by atoms with Crippen LogP contribution in [-0.2, 0) is 9.84 Å². The lowest BCUT2D eigenvalue weighted by molar-refractivity contribution is 0.428. The second-order valence-corrected chi connectivity index (χ2v) is 8.18. The summed E-state index contributed by atoms with van der Waals surface area (Å²) >= 11 is 1.58. The predicted octanol–water partition coefficient (Wildman–Crippen LogP) is 1.38. The van der Waals surface area contributed by atoms with E-state index in [0.29, 0.717) is 0 Å². The van der Waals surface area contributed by atoms with Crippen LogP contribution in [0.1, 0.15) is 30.3 Å². The van der Waals surface area contributed by atoms with Crippen LogP contribution in [0.15, 0.2) is 11.4 Å². The summed E-state index contributed by atoms with van der Waals surface area (Å²) in [5, 5.41) is 1.94. The quantitative estimate of drug-likeness (QED) is 0.635. The van der Waals surface area contributed by atoms with Crippen molar-refractivity contribution in [3.63, 3.8) is 0 Å². The van der Waals surface area contributed by atoms with E-state index in [9.17, 15) is 8.42 Å². The topological polar surface area (TPSA) is 72.2 Å². The number of rotatable bonds is 4. The van der Waals surface area contributed by atoms with Gasteiger partial charge in [0.25, 0.3) is 0 Å². The molecule has 0 aromatic carbocycles. The Morgan fingerprint density at radius 1 is 1.50 bits per heavy atom. The molecule has 1 heterocycles. The first kappa shape index (κ1) is 13.6. The fraction of sp³-hybridized carbons (Fsp3) is 0.600. The van der Waals surface area contributed by atoms with Crippen molar-refractivity contribution < 1.29 is 8.42 Å². The molecule has 0 amide bonds. The molecule has 92 valence electrons. The Labute approximate surface area is 101 Å². The molecule has 3 N–H and O–H groups in total. The highest BCUT2D eigenvalue weighted by molar-refractivity contribution is 7.92. The Hall–Kier alpha value is -0.430. The van der Waals surface area contributed by atoms with Crippen LogP contribution in [0.5, 0.6) is 0 Å². The molecular formula is C10H18N2O2S2. The van der Waals surface area contributed by atoms with Crippen molar-refractivity contribution in [3.05, 3.63) is 21.9 Å². The fourth-order valence-corrected chi connectivity index (χ4v) is 2.89. The van der Waals surface area contributed by atoms with Crippen molar-refractivity contribution >= 4 is 21.2 Å². The highest BCUT2D eigenvalue weighted by Gasteiger charge is 2.39.